The van der Waals surface area contributed by atoms with Crippen molar-refractivity contribution >= 4 is 12.1 Å². The fourth-order valence-electron chi connectivity index (χ4n) is 2.09. The molecule has 1 aromatic carbocycles. The molecule has 1 aromatic heterocycles. The largest absolute Gasteiger partial charge is 0.478 e. The van der Waals surface area contributed by atoms with Gasteiger partial charge in [-0.05, 0) is 11.6 Å². The third-order valence-electron chi connectivity index (χ3n) is 3.46. The van der Waals surface area contributed by atoms with Crippen LogP contribution in [-0.2, 0) is 11.3 Å². The maximum absolute atomic E-state index is 14.0. The summed E-state index contributed by atoms with van der Waals surface area (Å²) in [5.41, 5.74) is -0.548. The molecule has 0 saturated heterocycles. The first kappa shape index (κ1) is 19.3. The number of ether oxygens (including phenoxy) is 1. The van der Waals surface area contributed by atoms with Gasteiger partial charge in [0, 0.05) is 12.7 Å². The number of amides is 1. The van der Waals surface area contributed by atoms with Gasteiger partial charge in [-0.15, -0.1) is 0 Å². The molecule has 2 aromatic rings. The Kier molecular flexibility index (Phi) is 6.59. The van der Waals surface area contributed by atoms with Crippen LogP contribution in [0.4, 0.5) is 9.18 Å². The molecule has 26 heavy (non-hydrogen) atoms. The first-order valence-electron chi connectivity index (χ1n) is 7.58. The number of carbonyl (C=O) groups is 2. The predicted molar refractivity (Wildman–Crippen MR) is 86.8 cm³/mol. The number of rotatable bonds is 7. The lowest BCUT2D eigenvalue weighted by Crippen LogP contribution is -2.36. The van der Waals surface area contributed by atoms with E-state index in [0.717, 1.165) is 17.8 Å². The van der Waals surface area contributed by atoms with Crippen LogP contribution in [0.1, 0.15) is 27.7 Å². The smallest absolute Gasteiger partial charge is 0.407 e. The molecule has 0 aliphatic rings. The molecule has 0 aliphatic carbocycles. The summed E-state index contributed by atoms with van der Waals surface area (Å²) in [7, 11) is 0. The van der Waals surface area contributed by atoms with Gasteiger partial charge in [-0.2, -0.15) is 0 Å². The van der Waals surface area contributed by atoms with Crippen LogP contribution in [0.3, 0.4) is 0 Å². The number of hydrogen-bond acceptors (Lipinski definition) is 6. The Labute approximate surface area is 147 Å². The second-order valence-electron chi connectivity index (χ2n) is 5.32. The van der Waals surface area contributed by atoms with E-state index < -0.39 is 47.9 Å². The van der Waals surface area contributed by atoms with E-state index in [1.165, 1.54) is 0 Å². The molecular formula is C17H17FN2O6. The van der Waals surface area contributed by atoms with Crippen molar-refractivity contribution in [1.82, 2.24) is 10.3 Å². The predicted octanol–water partition coefficient (Wildman–Crippen LogP) is 1.24. The van der Waals surface area contributed by atoms with E-state index in [0.29, 0.717) is 0 Å². The summed E-state index contributed by atoms with van der Waals surface area (Å²) in [6, 6.07) is 9.83. The number of carboxylic acids is 1. The molecule has 1 amide bonds. The van der Waals surface area contributed by atoms with Gasteiger partial charge in [0.1, 0.15) is 24.5 Å². The first-order chi connectivity index (χ1) is 12.4. The topological polar surface area (TPSA) is 129 Å². The number of carbonyl (C=O) groups excluding carboxylic acids is 1. The standard InChI is InChI=1S/C17H17FN2O6/c18-13-11(16(23)24)6-7-19-14(13)15(22)12(21)8-20-17(25)26-9-10-4-2-1-3-5-10/h1-7,12,15,21-22H,8-9H2,(H,20,25)(H,23,24). The highest BCUT2D eigenvalue weighted by Crippen LogP contribution is 2.20. The number of aliphatic hydroxyl groups excluding tert-OH is 2. The van der Waals surface area contributed by atoms with Crippen LogP contribution in [0.5, 0.6) is 0 Å². The van der Waals surface area contributed by atoms with Gasteiger partial charge in [-0.3, -0.25) is 4.98 Å². The summed E-state index contributed by atoms with van der Waals surface area (Å²) in [5, 5.41) is 30.9. The molecule has 0 spiro atoms. The van der Waals surface area contributed by atoms with Crippen molar-refractivity contribution in [3.8, 4) is 0 Å². The van der Waals surface area contributed by atoms with Crippen molar-refractivity contribution in [2.45, 2.75) is 18.8 Å². The second-order valence-corrected chi connectivity index (χ2v) is 5.32. The lowest BCUT2D eigenvalue weighted by atomic mass is 10.1. The number of aliphatic hydroxyl groups is 2. The van der Waals surface area contributed by atoms with Gasteiger partial charge in [-0.25, -0.2) is 14.0 Å². The molecule has 0 saturated carbocycles. The zero-order valence-electron chi connectivity index (χ0n) is 13.5. The summed E-state index contributed by atoms with van der Waals surface area (Å²) in [4.78, 5) is 26.0. The van der Waals surface area contributed by atoms with Gasteiger partial charge in [0.15, 0.2) is 5.82 Å². The van der Waals surface area contributed by atoms with Gasteiger partial charge < -0.3 is 25.4 Å². The van der Waals surface area contributed by atoms with Gasteiger partial charge >= 0.3 is 12.1 Å². The lowest BCUT2D eigenvalue weighted by Gasteiger charge is -2.18. The molecule has 1 heterocycles. The van der Waals surface area contributed by atoms with Gasteiger partial charge in [0.25, 0.3) is 0 Å². The van der Waals surface area contributed by atoms with Crippen molar-refractivity contribution in [2.24, 2.45) is 0 Å². The van der Waals surface area contributed by atoms with Crippen molar-refractivity contribution < 1.29 is 34.0 Å². The highest BCUT2D eigenvalue weighted by Gasteiger charge is 2.26. The zero-order chi connectivity index (χ0) is 19.1. The van der Waals surface area contributed by atoms with Crippen LogP contribution >= 0.6 is 0 Å². The quantitative estimate of drug-likeness (QED) is 0.582. The van der Waals surface area contributed by atoms with Crippen LogP contribution in [-0.4, -0.2) is 45.0 Å². The van der Waals surface area contributed by atoms with Gasteiger partial charge in [0.05, 0.1) is 5.56 Å². The summed E-state index contributed by atoms with van der Waals surface area (Å²) < 4.78 is 18.9. The second kappa shape index (κ2) is 8.88. The van der Waals surface area contributed by atoms with E-state index in [4.69, 9.17) is 9.84 Å². The number of nitrogens with one attached hydrogen (secondary N) is 1. The molecule has 0 bridgehead atoms. The molecular weight excluding hydrogens is 347 g/mol. The Hall–Kier alpha value is -3.04. The summed E-state index contributed by atoms with van der Waals surface area (Å²) >= 11 is 0. The van der Waals surface area contributed by atoms with E-state index in [9.17, 15) is 24.2 Å². The van der Waals surface area contributed by atoms with Crippen LogP contribution in [0.25, 0.3) is 0 Å². The number of aromatic nitrogens is 1. The van der Waals surface area contributed by atoms with Crippen LogP contribution in [0.2, 0.25) is 0 Å². The molecule has 2 unspecified atom stereocenters. The summed E-state index contributed by atoms with van der Waals surface area (Å²) in [6.07, 6.45) is -3.29. The van der Waals surface area contributed by atoms with E-state index in [-0.39, 0.29) is 6.61 Å². The molecule has 2 rings (SSSR count). The molecule has 138 valence electrons. The normalized spacial score (nSPS) is 12.9. The number of halogens is 1. The molecule has 0 aliphatic heterocycles. The average molecular weight is 364 g/mol. The van der Waals surface area contributed by atoms with Crippen molar-refractivity contribution in [3.05, 3.63) is 65.2 Å². The van der Waals surface area contributed by atoms with E-state index in [2.05, 4.69) is 10.3 Å². The third-order valence-corrected chi connectivity index (χ3v) is 3.46. The fourth-order valence-corrected chi connectivity index (χ4v) is 2.09. The lowest BCUT2D eigenvalue weighted by molar-refractivity contribution is 0.0136. The Balaban J connectivity index is 1.89. The molecule has 0 radical (unpaired) electrons. The van der Waals surface area contributed by atoms with Crippen LogP contribution in [0.15, 0.2) is 42.6 Å². The average Bonchev–Trinajstić information content (AvgIpc) is 2.64. The highest BCUT2D eigenvalue weighted by molar-refractivity contribution is 5.87. The summed E-state index contributed by atoms with van der Waals surface area (Å²) in [5.74, 6) is -2.78. The minimum absolute atomic E-state index is 0.0160. The monoisotopic (exact) mass is 364 g/mol. The van der Waals surface area contributed by atoms with Crippen LogP contribution in [0, 0.1) is 5.82 Å². The van der Waals surface area contributed by atoms with Gasteiger partial charge in [-0.1, -0.05) is 30.3 Å². The number of nitrogens with zero attached hydrogens (tertiary/aromatic N) is 1. The molecule has 9 heteroatoms. The van der Waals surface area contributed by atoms with E-state index >= 15 is 0 Å². The zero-order valence-corrected chi connectivity index (χ0v) is 13.5. The first-order valence-corrected chi connectivity index (χ1v) is 7.58. The fraction of sp³-hybridized carbons (Fsp3) is 0.235. The number of aromatic carboxylic acids is 1. The minimum Gasteiger partial charge on any atom is -0.478 e. The number of hydrogen-bond donors (Lipinski definition) is 4. The Morgan fingerprint density at radius 3 is 2.54 bits per heavy atom. The molecule has 8 nitrogen and oxygen atoms in total. The van der Waals surface area contributed by atoms with Crippen molar-refractivity contribution in [2.75, 3.05) is 6.54 Å². The number of pyridine rings is 1. The minimum atomic E-state index is -1.83. The molecule has 2 atom stereocenters. The Morgan fingerprint density at radius 2 is 1.88 bits per heavy atom. The van der Waals surface area contributed by atoms with E-state index in [1.54, 1.807) is 24.3 Å². The van der Waals surface area contributed by atoms with Gasteiger partial charge in [0.2, 0.25) is 0 Å². The number of benzene rings is 1. The maximum atomic E-state index is 14.0. The Morgan fingerprint density at radius 1 is 1.19 bits per heavy atom. The number of alkyl carbamates (subject to hydrolysis) is 1. The maximum Gasteiger partial charge on any atom is 0.407 e. The van der Waals surface area contributed by atoms with Crippen molar-refractivity contribution in [3.63, 3.8) is 0 Å². The van der Waals surface area contributed by atoms with Crippen molar-refractivity contribution in [1.29, 1.82) is 0 Å². The summed E-state index contributed by atoms with van der Waals surface area (Å²) in [6.45, 7) is -0.435. The Bertz CT molecular complexity index is 771. The molecule has 0 fully saturated rings. The van der Waals surface area contributed by atoms with E-state index in [1.807, 2.05) is 6.07 Å². The van der Waals surface area contributed by atoms with Crippen LogP contribution < -0.4 is 5.32 Å². The number of carboxylic acid groups (broad SMARTS) is 1. The SMILES string of the molecule is O=C(NCC(O)C(O)c1nccc(C(=O)O)c1F)OCc1ccccc1. The third kappa shape index (κ3) is 4.98. The molecule has 4 N–H and O–H groups in total. The highest BCUT2D eigenvalue weighted by atomic mass is 19.1.